The number of nitrogens with zero attached hydrogens (tertiary/aromatic N) is 1. The summed E-state index contributed by atoms with van der Waals surface area (Å²) >= 11 is 0. The summed E-state index contributed by atoms with van der Waals surface area (Å²) in [6.07, 6.45) is -1.16. The third kappa shape index (κ3) is 4.13. The first-order valence-corrected chi connectivity index (χ1v) is 6.02. The van der Waals surface area contributed by atoms with Crippen molar-refractivity contribution in [1.29, 1.82) is 0 Å². The second-order valence-electron chi connectivity index (χ2n) is 4.19. The Hall–Kier alpha value is -1.76. The normalized spacial score (nSPS) is 12.5. The van der Waals surface area contributed by atoms with Crippen LogP contribution in [0, 0.1) is 10.1 Å². The van der Waals surface area contributed by atoms with Gasteiger partial charge in [0.05, 0.1) is 4.92 Å². The third-order valence-corrected chi connectivity index (χ3v) is 2.76. The van der Waals surface area contributed by atoms with E-state index in [1.807, 2.05) is 6.92 Å². The number of rotatable bonds is 7. The van der Waals surface area contributed by atoms with E-state index in [0.717, 1.165) is 18.9 Å². The first-order valence-electron chi connectivity index (χ1n) is 6.02. The van der Waals surface area contributed by atoms with Crippen LogP contribution < -0.4 is 11.1 Å². The van der Waals surface area contributed by atoms with Crippen molar-refractivity contribution in [3.8, 4) is 0 Å². The number of halogens is 2. The van der Waals surface area contributed by atoms with Gasteiger partial charge in [-0.05, 0) is 12.5 Å². The molecule has 0 aliphatic heterocycles. The van der Waals surface area contributed by atoms with E-state index in [1.54, 1.807) is 0 Å². The van der Waals surface area contributed by atoms with E-state index in [0.29, 0.717) is 6.54 Å². The maximum atomic E-state index is 12.9. The molecular weight excluding hydrogens is 256 g/mol. The van der Waals surface area contributed by atoms with E-state index < -0.39 is 11.3 Å². The second-order valence-corrected chi connectivity index (χ2v) is 4.19. The molecule has 0 heterocycles. The first-order chi connectivity index (χ1) is 8.99. The molecule has 1 aromatic rings. The van der Waals surface area contributed by atoms with E-state index >= 15 is 0 Å². The molecule has 0 radical (unpaired) electrons. The Morgan fingerprint density at radius 1 is 1.47 bits per heavy atom. The number of hydrogen-bond donors (Lipinski definition) is 2. The molecule has 0 spiro atoms. The fraction of sp³-hybridized carbons (Fsp3) is 0.500. The predicted octanol–water partition coefficient (Wildman–Crippen LogP) is 3.07. The summed E-state index contributed by atoms with van der Waals surface area (Å²) in [5.41, 5.74) is 5.03. The highest BCUT2D eigenvalue weighted by atomic mass is 19.3. The molecule has 3 N–H and O–H groups in total. The Kier molecular flexibility index (Phi) is 5.62. The molecule has 0 saturated carbocycles. The number of anilines is 1. The van der Waals surface area contributed by atoms with Crippen molar-refractivity contribution in [3.63, 3.8) is 0 Å². The molecule has 1 aromatic carbocycles. The van der Waals surface area contributed by atoms with Crippen LogP contribution in [0.25, 0.3) is 0 Å². The minimum Gasteiger partial charge on any atom is -0.381 e. The number of nitro groups is 1. The van der Waals surface area contributed by atoms with Crippen molar-refractivity contribution in [3.05, 3.63) is 33.9 Å². The van der Waals surface area contributed by atoms with Crippen LogP contribution in [0.4, 0.5) is 20.2 Å². The fourth-order valence-corrected chi connectivity index (χ4v) is 1.79. The molecule has 0 bridgehead atoms. The number of nitrogens with one attached hydrogen (secondary N) is 1. The Morgan fingerprint density at radius 2 is 2.16 bits per heavy atom. The average molecular weight is 273 g/mol. The SMILES string of the molecule is CCCC(CN)Nc1ccc([N+](=O)[O-])cc1C(F)F. The number of non-ortho nitro benzene ring substituents is 1. The highest BCUT2D eigenvalue weighted by Gasteiger charge is 2.19. The van der Waals surface area contributed by atoms with Gasteiger partial charge >= 0.3 is 0 Å². The van der Waals surface area contributed by atoms with Crippen molar-refractivity contribution in [1.82, 2.24) is 0 Å². The molecule has 0 amide bonds. The summed E-state index contributed by atoms with van der Waals surface area (Å²) in [6, 6.07) is 3.28. The van der Waals surface area contributed by atoms with Gasteiger partial charge in [-0.1, -0.05) is 13.3 Å². The van der Waals surface area contributed by atoms with Crippen LogP contribution >= 0.6 is 0 Å². The van der Waals surface area contributed by atoms with Gasteiger partial charge in [-0.2, -0.15) is 0 Å². The first kappa shape index (κ1) is 15.3. The van der Waals surface area contributed by atoms with Crippen molar-refractivity contribution < 1.29 is 13.7 Å². The van der Waals surface area contributed by atoms with Crippen LogP contribution in [0.1, 0.15) is 31.8 Å². The molecule has 19 heavy (non-hydrogen) atoms. The van der Waals surface area contributed by atoms with Crippen LogP contribution in [0.3, 0.4) is 0 Å². The topological polar surface area (TPSA) is 81.2 Å². The quantitative estimate of drug-likeness (QED) is 0.591. The molecule has 1 atom stereocenters. The summed E-state index contributed by atoms with van der Waals surface area (Å²) in [4.78, 5) is 9.90. The van der Waals surface area contributed by atoms with Crippen LogP contribution in [0.5, 0.6) is 0 Å². The monoisotopic (exact) mass is 273 g/mol. The highest BCUT2D eigenvalue weighted by molar-refractivity contribution is 5.57. The van der Waals surface area contributed by atoms with Crippen LogP contribution in [0.15, 0.2) is 18.2 Å². The Balaban J connectivity index is 3.02. The van der Waals surface area contributed by atoms with Gasteiger partial charge in [-0.25, -0.2) is 8.78 Å². The van der Waals surface area contributed by atoms with E-state index in [-0.39, 0.29) is 23.0 Å². The molecule has 0 saturated heterocycles. The lowest BCUT2D eigenvalue weighted by molar-refractivity contribution is -0.385. The van der Waals surface area contributed by atoms with E-state index in [9.17, 15) is 18.9 Å². The smallest absolute Gasteiger partial charge is 0.270 e. The number of benzene rings is 1. The summed E-state index contributed by atoms with van der Waals surface area (Å²) in [5.74, 6) is 0. The van der Waals surface area contributed by atoms with Gasteiger partial charge in [0.2, 0.25) is 0 Å². The lowest BCUT2D eigenvalue weighted by Crippen LogP contribution is -2.29. The summed E-state index contributed by atoms with van der Waals surface area (Å²) in [6.45, 7) is 2.28. The molecule has 1 unspecified atom stereocenters. The zero-order valence-electron chi connectivity index (χ0n) is 10.6. The van der Waals surface area contributed by atoms with Crippen molar-refractivity contribution in [2.75, 3.05) is 11.9 Å². The van der Waals surface area contributed by atoms with Crippen LogP contribution in [0.2, 0.25) is 0 Å². The van der Waals surface area contributed by atoms with E-state index in [2.05, 4.69) is 5.32 Å². The number of hydrogen-bond acceptors (Lipinski definition) is 4. The Bertz CT molecular complexity index is 441. The summed E-state index contributed by atoms with van der Waals surface area (Å²) in [5, 5.41) is 13.5. The predicted molar refractivity (Wildman–Crippen MR) is 69.4 cm³/mol. The van der Waals surface area contributed by atoms with Gasteiger partial charge in [-0.15, -0.1) is 0 Å². The molecule has 106 valence electrons. The maximum absolute atomic E-state index is 12.9. The van der Waals surface area contributed by atoms with Gasteiger partial charge in [0.1, 0.15) is 0 Å². The zero-order valence-corrected chi connectivity index (χ0v) is 10.6. The van der Waals surface area contributed by atoms with Gasteiger partial charge in [0.25, 0.3) is 12.1 Å². The molecule has 0 fully saturated rings. The van der Waals surface area contributed by atoms with Crippen LogP contribution in [-0.4, -0.2) is 17.5 Å². The Labute approximate surface area is 109 Å². The van der Waals surface area contributed by atoms with Crippen molar-refractivity contribution >= 4 is 11.4 Å². The largest absolute Gasteiger partial charge is 0.381 e. The molecular formula is C12H17F2N3O2. The van der Waals surface area contributed by atoms with Crippen LogP contribution in [-0.2, 0) is 0 Å². The molecule has 0 aromatic heterocycles. The number of alkyl halides is 2. The molecule has 1 rings (SSSR count). The van der Waals surface area contributed by atoms with E-state index in [4.69, 9.17) is 5.73 Å². The summed E-state index contributed by atoms with van der Waals surface area (Å²) < 4.78 is 25.8. The Morgan fingerprint density at radius 3 is 2.63 bits per heavy atom. The fourth-order valence-electron chi connectivity index (χ4n) is 1.79. The van der Waals surface area contributed by atoms with Gasteiger partial charge in [0, 0.05) is 36.0 Å². The molecule has 0 aliphatic carbocycles. The van der Waals surface area contributed by atoms with Crippen molar-refractivity contribution in [2.45, 2.75) is 32.2 Å². The average Bonchev–Trinajstić information content (AvgIpc) is 2.37. The van der Waals surface area contributed by atoms with Gasteiger partial charge in [0.15, 0.2) is 0 Å². The van der Waals surface area contributed by atoms with Gasteiger partial charge < -0.3 is 11.1 Å². The minimum atomic E-state index is -2.78. The van der Waals surface area contributed by atoms with Gasteiger partial charge in [-0.3, -0.25) is 10.1 Å². The van der Waals surface area contributed by atoms with Crippen molar-refractivity contribution in [2.24, 2.45) is 5.73 Å². The lowest BCUT2D eigenvalue weighted by atomic mass is 10.1. The minimum absolute atomic E-state index is 0.121. The molecule has 7 heteroatoms. The zero-order chi connectivity index (χ0) is 14.4. The number of nitrogens with two attached hydrogens (primary N) is 1. The highest BCUT2D eigenvalue weighted by Crippen LogP contribution is 2.31. The summed E-state index contributed by atoms with van der Waals surface area (Å²) in [7, 11) is 0. The maximum Gasteiger partial charge on any atom is 0.270 e. The lowest BCUT2D eigenvalue weighted by Gasteiger charge is -2.19. The second kappa shape index (κ2) is 6.98. The molecule has 5 nitrogen and oxygen atoms in total. The molecule has 0 aliphatic rings. The number of nitro benzene ring substituents is 1. The standard InChI is InChI=1S/C12H17F2N3O2/c1-2-3-8(7-15)16-11-5-4-9(17(18)19)6-10(11)12(13)14/h4-6,8,12,16H,2-3,7,15H2,1H3. The van der Waals surface area contributed by atoms with E-state index in [1.165, 1.54) is 12.1 Å². The third-order valence-electron chi connectivity index (χ3n) is 2.76.